The Hall–Kier alpha value is -1.72. The van der Waals surface area contributed by atoms with Crippen LogP contribution in [0.25, 0.3) is 0 Å². The third-order valence-electron chi connectivity index (χ3n) is 4.01. The van der Waals surface area contributed by atoms with Gasteiger partial charge in [-0.2, -0.15) is 0 Å². The summed E-state index contributed by atoms with van der Waals surface area (Å²) in [6.07, 6.45) is 2.08. The highest BCUT2D eigenvalue weighted by Crippen LogP contribution is 2.21. The van der Waals surface area contributed by atoms with Gasteiger partial charge in [-0.3, -0.25) is 19.8 Å². The van der Waals surface area contributed by atoms with Crippen molar-refractivity contribution in [3.8, 4) is 0 Å². The van der Waals surface area contributed by atoms with E-state index in [1.807, 2.05) is 6.07 Å². The van der Waals surface area contributed by atoms with E-state index < -0.39 is 0 Å². The molecule has 114 valence electrons. The number of hydrogen-bond acceptors (Lipinski definition) is 4. The van der Waals surface area contributed by atoms with E-state index in [4.69, 9.17) is 5.73 Å². The Morgan fingerprint density at radius 3 is 2.71 bits per heavy atom. The number of benzene rings is 1. The zero-order valence-corrected chi connectivity index (χ0v) is 12.4. The van der Waals surface area contributed by atoms with Crippen LogP contribution in [-0.4, -0.2) is 42.4 Å². The van der Waals surface area contributed by atoms with E-state index in [1.54, 1.807) is 24.3 Å². The van der Waals surface area contributed by atoms with Crippen LogP contribution in [-0.2, 0) is 4.79 Å². The standard InChI is InChI=1S/C16H23N3O2/c1-12-7-8-19(14(9-12)10-17)11-15(20)18-16(21)13-5-3-2-4-6-13/h2-6,12,14H,7-11,17H2,1H3,(H,18,20,21). The van der Waals surface area contributed by atoms with Crippen LogP contribution < -0.4 is 11.1 Å². The number of nitrogens with zero attached hydrogens (tertiary/aromatic N) is 1. The average molecular weight is 289 g/mol. The molecule has 0 aromatic heterocycles. The zero-order chi connectivity index (χ0) is 15.2. The molecule has 21 heavy (non-hydrogen) atoms. The van der Waals surface area contributed by atoms with Crippen LogP contribution in [0.15, 0.2) is 30.3 Å². The number of amides is 2. The second-order valence-corrected chi connectivity index (χ2v) is 5.73. The lowest BCUT2D eigenvalue weighted by Gasteiger charge is -2.37. The topological polar surface area (TPSA) is 75.4 Å². The molecule has 0 spiro atoms. The fraction of sp³-hybridized carbons (Fsp3) is 0.500. The van der Waals surface area contributed by atoms with E-state index in [1.165, 1.54) is 0 Å². The summed E-state index contributed by atoms with van der Waals surface area (Å²) in [5.74, 6) is 0.0240. The second-order valence-electron chi connectivity index (χ2n) is 5.73. The van der Waals surface area contributed by atoms with Gasteiger partial charge in [0.1, 0.15) is 0 Å². The molecule has 1 aromatic rings. The molecule has 0 radical (unpaired) electrons. The van der Waals surface area contributed by atoms with E-state index in [0.29, 0.717) is 18.0 Å². The first-order valence-electron chi connectivity index (χ1n) is 7.43. The zero-order valence-electron chi connectivity index (χ0n) is 12.4. The molecule has 1 aromatic carbocycles. The minimum absolute atomic E-state index is 0.228. The Labute approximate surface area is 125 Å². The smallest absolute Gasteiger partial charge is 0.257 e. The van der Waals surface area contributed by atoms with Gasteiger partial charge in [-0.25, -0.2) is 0 Å². The molecule has 1 aliphatic rings. The van der Waals surface area contributed by atoms with Gasteiger partial charge in [0, 0.05) is 18.2 Å². The van der Waals surface area contributed by atoms with Crippen molar-refractivity contribution >= 4 is 11.8 Å². The number of carbonyl (C=O) groups excluding carboxylic acids is 2. The lowest BCUT2D eigenvalue weighted by Crippen LogP contribution is -2.50. The van der Waals surface area contributed by atoms with Crippen LogP contribution in [0.2, 0.25) is 0 Å². The van der Waals surface area contributed by atoms with Gasteiger partial charge in [0.15, 0.2) is 0 Å². The molecule has 1 fully saturated rings. The largest absolute Gasteiger partial charge is 0.329 e. The highest BCUT2D eigenvalue weighted by atomic mass is 16.2. The van der Waals surface area contributed by atoms with Gasteiger partial charge < -0.3 is 5.73 Å². The third-order valence-corrected chi connectivity index (χ3v) is 4.01. The van der Waals surface area contributed by atoms with Crippen molar-refractivity contribution in [2.45, 2.75) is 25.8 Å². The van der Waals surface area contributed by atoms with E-state index in [0.717, 1.165) is 19.4 Å². The van der Waals surface area contributed by atoms with Crippen LogP contribution in [0.5, 0.6) is 0 Å². The van der Waals surface area contributed by atoms with Crippen molar-refractivity contribution in [1.29, 1.82) is 0 Å². The van der Waals surface area contributed by atoms with E-state index in [-0.39, 0.29) is 24.4 Å². The summed E-state index contributed by atoms with van der Waals surface area (Å²) in [7, 11) is 0. The molecular formula is C16H23N3O2. The van der Waals surface area contributed by atoms with Crippen LogP contribution in [0.1, 0.15) is 30.1 Å². The number of imide groups is 1. The first-order valence-corrected chi connectivity index (χ1v) is 7.43. The highest BCUT2D eigenvalue weighted by Gasteiger charge is 2.27. The second kappa shape index (κ2) is 7.33. The van der Waals surface area contributed by atoms with Crippen LogP contribution in [0.4, 0.5) is 0 Å². The SMILES string of the molecule is CC1CCN(CC(=O)NC(=O)c2ccccc2)C(CN)C1. The normalized spacial score (nSPS) is 22.8. The van der Waals surface area contributed by atoms with Gasteiger partial charge in [0.05, 0.1) is 6.54 Å². The van der Waals surface area contributed by atoms with Crippen molar-refractivity contribution in [3.05, 3.63) is 35.9 Å². The molecule has 3 N–H and O–H groups in total. The summed E-state index contributed by atoms with van der Waals surface area (Å²) in [5, 5.41) is 2.44. The first kappa shape index (κ1) is 15.7. The maximum Gasteiger partial charge on any atom is 0.257 e. The third kappa shape index (κ3) is 4.37. The maximum absolute atomic E-state index is 12.0. The molecule has 2 amide bonds. The molecule has 1 saturated heterocycles. The summed E-state index contributed by atoms with van der Waals surface area (Å²) < 4.78 is 0. The fourth-order valence-electron chi connectivity index (χ4n) is 2.77. The molecular weight excluding hydrogens is 266 g/mol. The molecule has 2 atom stereocenters. The summed E-state index contributed by atoms with van der Waals surface area (Å²) in [4.78, 5) is 26.0. The molecule has 2 unspecified atom stereocenters. The number of likely N-dealkylation sites (tertiary alicyclic amines) is 1. The molecule has 0 aliphatic carbocycles. The van der Waals surface area contributed by atoms with Crippen LogP contribution in [0, 0.1) is 5.92 Å². The van der Waals surface area contributed by atoms with E-state index >= 15 is 0 Å². The van der Waals surface area contributed by atoms with Crippen molar-refractivity contribution in [2.75, 3.05) is 19.6 Å². The molecule has 1 heterocycles. The number of nitrogens with two attached hydrogens (primary N) is 1. The molecule has 5 nitrogen and oxygen atoms in total. The fourth-order valence-corrected chi connectivity index (χ4v) is 2.77. The number of rotatable bonds is 4. The number of carbonyl (C=O) groups is 2. The molecule has 2 rings (SSSR count). The average Bonchev–Trinajstić information content (AvgIpc) is 2.49. The Balaban J connectivity index is 1.88. The molecule has 0 bridgehead atoms. The van der Waals surface area contributed by atoms with Gasteiger partial charge in [0.25, 0.3) is 5.91 Å². The summed E-state index contributed by atoms with van der Waals surface area (Å²) >= 11 is 0. The predicted molar refractivity (Wildman–Crippen MR) is 81.7 cm³/mol. The summed E-state index contributed by atoms with van der Waals surface area (Å²) in [6.45, 7) is 3.84. The summed E-state index contributed by atoms with van der Waals surface area (Å²) in [5.41, 5.74) is 6.28. The minimum atomic E-state index is -0.352. The van der Waals surface area contributed by atoms with Crippen molar-refractivity contribution < 1.29 is 9.59 Å². The highest BCUT2D eigenvalue weighted by molar-refractivity contribution is 6.05. The van der Waals surface area contributed by atoms with Crippen molar-refractivity contribution in [2.24, 2.45) is 11.7 Å². The number of nitrogens with one attached hydrogen (secondary N) is 1. The monoisotopic (exact) mass is 289 g/mol. The predicted octanol–water partition coefficient (Wildman–Crippen LogP) is 1.00. The van der Waals surface area contributed by atoms with Crippen molar-refractivity contribution in [3.63, 3.8) is 0 Å². The van der Waals surface area contributed by atoms with Crippen LogP contribution in [0.3, 0.4) is 0 Å². The minimum Gasteiger partial charge on any atom is -0.329 e. The summed E-state index contributed by atoms with van der Waals surface area (Å²) in [6, 6.07) is 8.98. The Morgan fingerprint density at radius 2 is 2.05 bits per heavy atom. The van der Waals surface area contributed by atoms with Gasteiger partial charge in [-0.1, -0.05) is 25.1 Å². The molecule has 5 heteroatoms. The maximum atomic E-state index is 12.0. The lowest BCUT2D eigenvalue weighted by atomic mass is 9.92. The first-order chi connectivity index (χ1) is 10.1. The Kier molecular flexibility index (Phi) is 5.47. The quantitative estimate of drug-likeness (QED) is 0.867. The van der Waals surface area contributed by atoms with E-state index in [2.05, 4.69) is 17.1 Å². The lowest BCUT2D eigenvalue weighted by molar-refractivity contribution is -0.122. The molecule has 1 aliphatic heterocycles. The van der Waals surface area contributed by atoms with Crippen LogP contribution >= 0.6 is 0 Å². The van der Waals surface area contributed by atoms with Gasteiger partial charge in [0.2, 0.25) is 5.91 Å². The van der Waals surface area contributed by atoms with E-state index in [9.17, 15) is 9.59 Å². The number of piperidine rings is 1. The van der Waals surface area contributed by atoms with Crippen molar-refractivity contribution in [1.82, 2.24) is 10.2 Å². The number of hydrogen-bond donors (Lipinski definition) is 2. The molecule has 0 saturated carbocycles. The van der Waals surface area contributed by atoms with Gasteiger partial charge >= 0.3 is 0 Å². The van der Waals surface area contributed by atoms with Gasteiger partial charge in [-0.05, 0) is 37.4 Å². The Bertz CT molecular complexity index is 490. The Morgan fingerprint density at radius 1 is 1.33 bits per heavy atom. The van der Waals surface area contributed by atoms with Gasteiger partial charge in [-0.15, -0.1) is 0 Å².